The van der Waals surface area contributed by atoms with E-state index in [-0.39, 0.29) is 18.2 Å². The first-order valence-electron chi connectivity index (χ1n) is 6.62. The lowest BCUT2D eigenvalue weighted by Crippen LogP contribution is -2.35. The zero-order valence-electron chi connectivity index (χ0n) is 10.8. The van der Waals surface area contributed by atoms with E-state index in [1.165, 1.54) is 5.56 Å². The van der Waals surface area contributed by atoms with Gasteiger partial charge in [0.05, 0.1) is 6.54 Å². The molecule has 0 N–H and O–H groups in total. The normalized spacial score (nSPS) is 15.2. The van der Waals surface area contributed by atoms with Crippen LogP contribution in [0.25, 0.3) is 0 Å². The third-order valence-electron chi connectivity index (χ3n) is 3.28. The van der Waals surface area contributed by atoms with Gasteiger partial charge in [-0.1, -0.05) is 25.1 Å². The lowest BCUT2D eigenvalue weighted by Gasteiger charge is -2.22. The van der Waals surface area contributed by atoms with Gasteiger partial charge in [0.2, 0.25) is 5.91 Å². The van der Waals surface area contributed by atoms with Crippen LogP contribution >= 0.6 is 0 Å². The minimum Gasteiger partial charge on any atom is -0.305 e. The number of rotatable bonds is 4. The quantitative estimate of drug-likeness (QED) is 0.818. The number of aryl methyl sites for hydroxylation is 1. The molecule has 1 aliphatic heterocycles. The minimum absolute atomic E-state index is 0.0735. The van der Waals surface area contributed by atoms with E-state index in [2.05, 4.69) is 0 Å². The van der Waals surface area contributed by atoms with Crippen LogP contribution in [-0.2, 0) is 16.0 Å². The molecule has 0 radical (unpaired) electrons. The van der Waals surface area contributed by atoms with E-state index in [0.29, 0.717) is 12.8 Å². The Labute approximate surface area is 108 Å². The van der Waals surface area contributed by atoms with Crippen LogP contribution in [0.15, 0.2) is 24.3 Å². The van der Waals surface area contributed by atoms with Crippen molar-refractivity contribution in [2.45, 2.75) is 39.0 Å². The SMILES string of the molecule is CCCC(=O)CN1C(=O)CCCc2ccccc21. The first kappa shape index (κ1) is 12.8. The second-order valence-electron chi connectivity index (χ2n) is 4.75. The van der Waals surface area contributed by atoms with Crippen molar-refractivity contribution in [3.8, 4) is 0 Å². The van der Waals surface area contributed by atoms with Crippen molar-refractivity contribution in [2.24, 2.45) is 0 Å². The summed E-state index contributed by atoms with van der Waals surface area (Å²) in [5.74, 6) is 0.215. The Morgan fingerprint density at radius 1 is 1.28 bits per heavy atom. The summed E-state index contributed by atoms with van der Waals surface area (Å²) >= 11 is 0. The van der Waals surface area contributed by atoms with Crippen LogP contribution in [0.5, 0.6) is 0 Å². The van der Waals surface area contributed by atoms with Crippen LogP contribution in [0.1, 0.15) is 38.2 Å². The average molecular weight is 245 g/mol. The highest BCUT2D eigenvalue weighted by Gasteiger charge is 2.23. The maximum absolute atomic E-state index is 12.1. The van der Waals surface area contributed by atoms with Crippen LogP contribution in [0, 0.1) is 0 Å². The lowest BCUT2D eigenvalue weighted by molar-refractivity contribution is -0.122. The second-order valence-corrected chi connectivity index (χ2v) is 4.75. The Bertz CT molecular complexity index is 454. The van der Waals surface area contributed by atoms with E-state index in [9.17, 15) is 9.59 Å². The maximum Gasteiger partial charge on any atom is 0.227 e. The predicted molar refractivity (Wildman–Crippen MR) is 71.6 cm³/mol. The van der Waals surface area contributed by atoms with E-state index in [0.717, 1.165) is 24.9 Å². The topological polar surface area (TPSA) is 37.4 Å². The molecule has 0 atom stereocenters. The number of ketones is 1. The van der Waals surface area contributed by atoms with Gasteiger partial charge >= 0.3 is 0 Å². The number of carbonyl (C=O) groups excluding carboxylic acids is 2. The molecule has 0 spiro atoms. The Kier molecular flexibility index (Phi) is 4.13. The first-order valence-corrected chi connectivity index (χ1v) is 6.62. The zero-order valence-corrected chi connectivity index (χ0v) is 10.8. The second kappa shape index (κ2) is 5.80. The number of hydrogen-bond donors (Lipinski definition) is 0. The molecule has 0 saturated carbocycles. The summed E-state index contributed by atoms with van der Waals surface area (Å²) in [6.07, 6.45) is 3.71. The first-order chi connectivity index (χ1) is 8.72. The standard InChI is InChI=1S/C15H19NO2/c1-2-6-13(17)11-16-14-9-4-3-7-12(14)8-5-10-15(16)18/h3-4,7,9H,2,5-6,8,10-11H2,1H3. The van der Waals surface area contributed by atoms with Crippen molar-refractivity contribution < 1.29 is 9.59 Å². The van der Waals surface area contributed by atoms with E-state index < -0.39 is 0 Å². The summed E-state index contributed by atoms with van der Waals surface area (Å²) in [5.41, 5.74) is 2.09. The molecular weight excluding hydrogens is 226 g/mol. The van der Waals surface area contributed by atoms with Gasteiger partial charge in [0.15, 0.2) is 5.78 Å². The van der Waals surface area contributed by atoms with Gasteiger partial charge in [0.25, 0.3) is 0 Å². The number of amides is 1. The van der Waals surface area contributed by atoms with E-state index in [1.54, 1.807) is 4.90 Å². The van der Waals surface area contributed by atoms with E-state index in [1.807, 2.05) is 31.2 Å². The Balaban J connectivity index is 2.25. The summed E-state index contributed by atoms with van der Waals surface area (Å²) < 4.78 is 0. The van der Waals surface area contributed by atoms with Crippen molar-refractivity contribution in [1.82, 2.24) is 0 Å². The van der Waals surface area contributed by atoms with Crippen molar-refractivity contribution in [2.75, 3.05) is 11.4 Å². The number of fused-ring (bicyclic) bond motifs is 1. The highest BCUT2D eigenvalue weighted by atomic mass is 16.2. The highest BCUT2D eigenvalue weighted by Crippen LogP contribution is 2.26. The molecule has 1 aliphatic rings. The fourth-order valence-corrected chi connectivity index (χ4v) is 2.39. The Morgan fingerprint density at radius 2 is 2.06 bits per heavy atom. The molecule has 0 aliphatic carbocycles. The average Bonchev–Trinajstić information content (AvgIpc) is 2.51. The summed E-state index contributed by atoms with van der Waals surface area (Å²) in [6, 6.07) is 7.90. The molecule has 18 heavy (non-hydrogen) atoms. The highest BCUT2D eigenvalue weighted by molar-refractivity contribution is 6.00. The Morgan fingerprint density at radius 3 is 2.83 bits per heavy atom. The van der Waals surface area contributed by atoms with E-state index in [4.69, 9.17) is 0 Å². The van der Waals surface area contributed by atoms with Gasteiger partial charge < -0.3 is 4.90 Å². The van der Waals surface area contributed by atoms with Crippen LogP contribution in [0.2, 0.25) is 0 Å². The summed E-state index contributed by atoms with van der Waals surface area (Å²) in [6.45, 7) is 2.21. The van der Waals surface area contributed by atoms with Gasteiger partial charge in [-0.05, 0) is 30.9 Å². The molecule has 0 saturated heterocycles. The molecular formula is C15H19NO2. The maximum atomic E-state index is 12.1. The Hall–Kier alpha value is -1.64. The van der Waals surface area contributed by atoms with Gasteiger partial charge in [-0.15, -0.1) is 0 Å². The molecule has 0 aromatic heterocycles. The molecule has 3 nitrogen and oxygen atoms in total. The molecule has 0 bridgehead atoms. The number of nitrogens with zero attached hydrogens (tertiary/aromatic N) is 1. The molecule has 1 aromatic carbocycles. The van der Waals surface area contributed by atoms with Crippen molar-refractivity contribution in [3.05, 3.63) is 29.8 Å². The minimum atomic E-state index is 0.0735. The molecule has 3 heteroatoms. The van der Waals surface area contributed by atoms with Crippen molar-refractivity contribution >= 4 is 17.4 Å². The third-order valence-corrected chi connectivity index (χ3v) is 3.28. The lowest BCUT2D eigenvalue weighted by atomic mass is 10.1. The van der Waals surface area contributed by atoms with Gasteiger partial charge in [-0.2, -0.15) is 0 Å². The molecule has 96 valence electrons. The molecule has 1 amide bonds. The van der Waals surface area contributed by atoms with Crippen LogP contribution in [0.4, 0.5) is 5.69 Å². The molecule has 0 unspecified atom stereocenters. The third kappa shape index (κ3) is 2.78. The number of Topliss-reactive ketones (excluding diaryl/α,β-unsaturated/α-hetero) is 1. The number of benzene rings is 1. The largest absolute Gasteiger partial charge is 0.305 e. The summed E-state index contributed by atoms with van der Waals surface area (Å²) in [5, 5.41) is 0. The van der Waals surface area contributed by atoms with Crippen molar-refractivity contribution in [1.29, 1.82) is 0 Å². The number of anilines is 1. The monoisotopic (exact) mass is 245 g/mol. The van der Waals surface area contributed by atoms with Crippen LogP contribution < -0.4 is 4.90 Å². The molecule has 1 heterocycles. The number of carbonyl (C=O) groups is 2. The van der Waals surface area contributed by atoms with Crippen LogP contribution in [-0.4, -0.2) is 18.2 Å². The molecule has 2 rings (SSSR count). The molecule has 1 aromatic rings. The van der Waals surface area contributed by atoms with Gasteiger partial charge in [0, 0.05) is 18.5 Å². The number of hydrogen-bond acceptors (Lipinski definition) is 2. The van der Waals surface area contributed by atoms with E-state index >= 15 is 0 Å². The van der Waals surface area contributed by atoms with Crippen molar-refractivity contribution in [3.63, 3.8) is 0 Å². The fourth-order valence-electron chi connectivity index (χ4n) is 2.39. The zero-order chi connectivity index (χ0) is 13.0. The fraction of sp³-hybridized carbons (Fsp3) is 0.467. The molecule has 0 fully saturated rings. The summed E-state index contributed by atoms with van der Waals surface area (Å²) in [7, 11) is 0. The van der Waals surface area contributed by atoms with Gasteiger partial charge in [0.1, 0.15) is 0 Å². The summed E-state index contributed by atoms with van der Waals surface area (Å²) in [4.78, 5) is 25.5. The van der Waals surface area contributed by atoms with Crippen LogP contribution in [0.3, 0.4) is 0 Å². The van der Waals surface area contributed by atoms with Gasteiger partial charge in [-0.3, -0.25) is 9.59 Å². The smallest absolute Gasteiger partial charge is 0.227 e. The van der Waals surface area contributed by atoms with Gasteiger partial charge in [-0.25, -0.2) is 0 Å². The number of para-hydroxylation sites is 1. The predicted octanol–water partition coefficient (Wildman–Crippen LogP) is 2.73.